The van der Waals surface area contributed by atoms with Crippen molar-refractivity contribution < 1.29 is 4.42 Å². The van der Waals surface area contributed by atoms with Crippen LogP contribution in [-0.4, -0.2) is 0 Å². The van der Waals surface area contributed by atoms with E-state index in [9.17, 15) is 0 Å². The Bertz CT molecular complexity index is 698. The fourth-order valence-electron chi connectivity index (χ4n) is 3.02. The highest BCUT2D eigenvalue weighted by atomic mass is 16.3. The summed E-state index contributed by atoms with van der Waals surface area (Å²) < 4.78 is 6.20. The third-order valence-electron chi connectivity index (χ3n) is 4.29. The number of furan rings is 1. The lowest BCUT2D eigenvalue weighted by Crippen LogP contribution is -1.86. The minimum Gasteiger partial charge on any atom is -0.455 e. The highest BCUT2D eigenvalue weighted by Gasteiger charge is 2.13. The Hall–Kier alpha value is -1.76. The first-order chi connectivity index (χ1) is 9.17. The average molecular weight is 252 g/mol. The van der Waals surface area contributed by atoms with Crippen molar-refractivity contribution >= 4 is 21.9 Å². The zero-order valence-electron chi connectivity index (χ0n) is 12.1. The largest absolute Gasteiger partial charge is 0.455 e. The summed E-state index contributed by atoms with van der Waals surface area (Å²) in [6, 6.07) is 8.88. The molecule has 0 atom stereocenters. The third kappa shape index (κ3) is 1.68. The maximum atomic E-state index is 6.20. The molecule has 2 aromatic carbocycles. The summed E-state index contributed by atoms with van der Waals surface area (Å²) in [5.41, 5.74) is 7.44. The molecule has 0 bridgehead atoms. The third-order valence-corrected chi connectivity index (χ3v) is 4.29. The zero-order valence-corrected chi connectivity index (χ0v) is 12.1. The number of fused-ring (bicyclic) bond motifs is 3. The minimum atomic E-state index is 1.05. The summed E-state index contributed by atoms with van der Waals surface area (Å²) in [4.78, 5) is 0. The van der Waals surface area contributed by atoms with E-state index in [2.05, 4.69) is 52.0 Å². The second kappa shape index (κ2) is 4.41. The van der Waals surface area contributed by atoms with Gasteiger partial charge in [-0.3, -0.25) is 0 Å². The van der Waals surface area contributed by atoms with Crippen LogP contribution in [0.5, 0.6) is 0 Å². The molecule has 0 amide bonds. The Morgan fingerprint density at radius 3 is 1.53 bits per heavy atom. The van der Waals surface area contributed by atoms with Gasteiger partial charge in [-0.2, -0.15) is 0 Å². The van der Waals surface area contributed by atoms with Crippen molar-refractivity contribution in [1.82, 2.24) is 0 Å². The van der Waals surface area contributed by atoms with Crippen molar-refractivity contribution in [3.8, 4) is 0 Å². The fraction of sp³-hybridized carbons (Fsp3) is 0.333. The summed E-state index contributed by atoms with van der Waals surface area (Å²) in [5.74, 6) is 0. The van der Waals surface area contributed by atoms with Crippen LogP contribution < -0.4 is 0 Å². The summed E-state index contributed by atoms with van der Waals surface area (Å²) in [7, 11) is 0. The lowest BCUT2D eigenvalue weighted by molar-refractivity contribution is 0.660. The molecule has 98 valence electrons. The zero-order chi connectivity index (χ0) is 13.6. The van der Waals surface area contributed by atoms with E-state index >= 15 is 0 Å². The van der Waals surface area contributed by atoms with Gasteiger partial charge in [0.2, 0.25) is 0 Å². The van der Waals surface area contributed by atoms with Crippen LogP contribution in [0.25, 0.3) is 21.9 Å². The quantitative estimate of drug-likeness (QED) is 0.601. The van der Waals surface area contributed by atoms with Crippen LogP contribution in [0.4, 0.5) is 0 Å². The fourth-order valence-corrected chi connectivity index (χ4v) is 3.02. The molecule has 3 aromatic rings. The van der Waals surface area contributed by atoms with Crippen molar-refractivity contribution in [1.29, 1.82) is 0 Å². The topological polar surface area (TPSA) is 13.1 Å². The Labute approximate surface area is 114 Å². The maximum absolute atomic E-state index is 6.20. The smallest absolute Gasteiger partial charge is 0.138 e. The Morgan fingerprint density at radius 1 is 0.737 bits per heavy atom. The molecule has 1 heteroatoms. The predicted octanol–water partition coefficient (Wildman–Crippen LogP) is 5.33. The highest BCUT2D eigenvalue weighted by molar-refractivity contribution is 6.07. The lowest BCUT2D eigenvalue weighted by atomic mass is 10.00. The molecule has 0 radical (unpaired) electrons. The van der Waals surface area contributed by atoms with Gasteiger partial charge in [0.1, 0.15) is 11.2 Å². The van der Waals surface area contributed by atoms with Crippen LogP contribution >= 0.6 is 0 Å². The number of hydrogen-bond donors (Lipinski definition) is 0. The van der Waals surface area contributed by atoms with Crippen molar-refractivity contribution in [3.05, 3.63) is 46.5 Å². The van der Waals surface area contributed by atoms with Crippen molar-refractivity contribution in [2.45, 2.75) is 40.5 Å². The molecule has 0 aliphatic carbocycles. The Kier molecular flexibility index (Phi) is 2.85. The van der Waals surface area contributed by atoms with Crippen molar-refractivity contribution in [2.24, 2.45) is 0 Å². The first kappa shape index (κ1) is 12.3. The molecule has 1 heterocycles. The standard InChI is InChI=1S/C18H20O/c1-5-13-7-9-15-16-10-8-14(6-2)12(4)18(16)19-17(15)11(13)3/h7-10H,5-6H2,1-4H3. The van der Waals surface area contributed by atoms with Crippen LogP contribution in [-0.2, 0) is 12.8 Å². The Balaban J connectivity index is 2.44. The number of rotatable bonds is 2. The van der Waals surface area contributed by atoms with E-state index < -0.39 is 0 Å². The summed E-state index contributed by atoms with van der Waals surface area (Å²) >= 11 is 0. The van der Waals surface area contributed by atoms with E-state index in [1.54, 1.807) is 0 Å². The van der Waals surface area contributed by atoms with Gasteiger partial charge in [0.25, 0.3) is 0 Å². The molecule has 1 nitrogen and oxygen atoms in total. The van der Waals surface area contributed by atoms with Gasteiger partial charge in [0.05, 0.1) is 0 Å². The minimum absolute atomic E-state index is 1.05. The SMILES string of the molecule is CCc1ccc2c(oc3c(C)c(CC)ccc32)c1C. The summed E-state index contributed by atoms with van der Waals surface area (Å²) in [6.07, 6.45) is 2.11. The monoisotopic (exact) mass is 252 g/mol. The van der Waals surface area contributed by atoms with Gasteiger partial charge in [-0.25, -0.2) is 0 Å². The molecule has 0 saturated carbocycles. The van der Waals surface area contributed by atoms with E-state index in [1.807, 2.05) is 0 Å². The molecule has 0 aliphatic rings. The molecular formula is C18H20O. The average Bonchev–Trinajstić information content (AvgIpc) is 2.80. The van der Waals surface area contributed by atoms with Crippen LogP contribution in [0.2, 0.25) is 0 Å². The van der Waals surface area contributed by atoms with E-state index in [0.29, 0.717) is 0 Å². The normalized spacial score (nSPS) is 11.6. The molecule has 0 N–H and O–H groups in total. The van der Waals surface area contributed by atoms with Crippen molar-refractivity contribution in [3.63, 3.8) is 0 Å². The van der Waals surface area contributed by atoms with E-state index in [1.165, 1.54) is 33.0 Å². The van der Waals surface area contributed by atoms with Crippen molar-refractivity contribution in [2.75, 3.05) is 0 Å². The van der Waals surface area contributed by atoms with Gasteiger partial charge in [-0.05, 0) is 48.9 Å². The number of benzene rings is 2. The second-order valence-corrected chi connectivity index (χ2v) is 5.26. The maximum Gasteiger partial charge on any atom is 0.138 e. The van der Waals surface area contributed by atoms with Gasteiger partial charge in [0.15, 0.2) is 0 Å². The molecule has 0 spiro atoms. The summed E-state index contributed by atoms with van der Waals surface area (Å²) in [6.45, 7) is 8.72. The molecule has 0 unspecified atom stereocenters. The van der Waals surface area contributed by atoms with Crippen LogP contribution in [0.15, 0.2) is 28.7 Å². The van der Waals surface area contributed by atoms with Gasteiger partial charge >= 0.3 is 0 Å². The number of hydrogen-bond acceptors (Lipinski definition) is 1. The molecule has 19 heavy (non-hydrogen) atoms. The Morgan fingerprint density at radius 2 is 1.16 bits per heavy atom. The van der Waals surface area contributed by atoms with E-state index in [4.69, 9.17) is 4.42 Å². The second-order valence-electron chi connectivity index (χ2n) is 5.26. The first-order valence-electron chi connectivity index (χ1n) is 7.10. The van der Waals surface area contributed by atoms with Gasteiger partial charge < -0.3 is 4.42 Å². The first-order valence-corrected chi connectivity index (χ1v) is 7.10. The van der Waals surface area contributed by atoms with E-state index in [-0.39, 0.29) is 0 Å². The van der Waals surface area contributed by atoms with Crippen LogP contribution in [0.1, 0.15) is 36.1 Å². The van der Waals surface area contributed by atoms with Gasteiger partial charge in [0, 0.05) is 10.8 Å². The molecule has 0 fully saturated rings. The predicted molar refractivity (Wildman–Crippen MR) is 82.0 cm³/mol. The van der Waals surface area contributed by atoms with E-state index in [0.717, 1.165) is 24.0 Å². The molecule has 3 rings (SSSR count). The number of aryl methyl sites for hydroxylation is 4. The molecule has 0 aliphatic heterocycles. The van der Waals surface area contributed by atoms with Crippen LogP contribution in [0, 0.1) is 13.8 Å². The van der Waals surface area contributed by atoms with Gasteiger partial charge in [-0.1, -0.05) is 38.1 Å². The van der Waals surface area contributed by atoms with Gasteiger partial charge in [-0.15, -0.1) is 0 Å². The molecular weight excluding hydrogens is 232 g/mol. The lowest BCUT2D eigenvalue weighted by Gasteiger charge is -2.02. The highest BCUT2D eigenvalue weighted by Crippen LogP contribution is 2.35. The van der Waals surface area contributed by atoms with Crippen LogP contribution in [0.3, 0.4) is 0 Å². The molecule has 0 saturated heterocycles. The molecule has 1 aromatic heterocycles. The summed E-state index contributed by atoms with van der Waals surface area (Å²) in [5, 5.41) is 2.49.